The van der Waals surface area contributed by atoms with Crippen LogP contribution in [0.5, 0.6) is 0 Å². The van der Waals surface area contributed by atoms with Gasteiger partial charge in [0.25, 0.3) is 10.1 Å². The van der Waals surface area contributed by atoms with Crippen LogP contribution in [0.1, 0.15) is 19.8 Å². The Morgan fingerprint density at radius 1 is 1.40 bits per heavy atom. The van der Waals surface area contributed by atoms with Crippen LogP contribution in [0.25, 0.3) is 0 Å². The molecule has 60 valence electrons. The largest absolute Gasteiger partial charge is 0.267 e. The molecule has 0 saturated heterocycles. The van der Waals surface area contributed by atoms with Crippen molar-refractivity contribution in [3.05, 3.63) is 0 Å². The highest BCUT2D eigenvalue weighted by Gasteiger charge is 2.30. The maximum Gasteiger partial charge on any atom is 0.264 e. The molecule has 0 aliphatic heterocycles. The Morgan fingerprint density at radius 3 is 2.10 bits per heavy atom. The second kappa shape index (κ2) is 2.51. The number of hydrogen-bond donors (Lipinski definition) is 0. The number of hydrogen-bond acceptors (Lipinski definition) is 3. The zero-order chi connectivity index (χ0) is 7.78. The number of rotatable bonds is 2. The van der Waals surface area contributed by atoms with E-state index < -0.39 is 10.1 Å². The van der Waals surface area contributed by atoms with Crippen LogP contribution in [0.4, 0.5) is 0 Å². The Hall–Kier alpha value is -0.0900. The molecule has 1 saturated carbocycles. The van der Waals surface area contributed by atoms with E-state index in [0.29, 0.717) is 5.92 Å². The minimum atomic E-state index is -3.22. The molecule has 0 N–H and O–H groups in total. The van der Waals surface area contributed by atoms with Crippen molar-refractivity contribution in [3.63, 3.8) is 0 Å². The molecule has 0 bridgehead atoms. The van der Waals surface area contributed by atoms with Crippen molar-refractivity contribution in [2.24, 2.45) is 5.92 Å². The molecule has 0 heterocycles. The summed E-state index contributed by atoms with van der Waals surface area (Å²) < 4.78 is 25.9. The zero-order valence-electron chi connectivity index (χ0n) is 6.20. The molecule has 10 heavy (non-hydrogen) atoms. The summed E-state index contributed by atoms with van der Waals surface area (Å²) in [6.07, 6.45) is 3.02. The lowest BCUT2D eigenvalue weighted by Gasteiger charge is -2.31. The van der Waals surface area contributed by atoms with Crippen LogP contribution in [0.15, 0.2) is 0 Å². The van der Waals surface area contributed by atoms with Crippen molar-refractivity contribution < 1.29 is 12.6 Å². The van der Waals surface area contributed by atoms with Gasteiger partial charge in [0.05, 0.1) is 12.4 Å². The summed E-state index contributed by atoms with van der Waals surface area (Å²) in [6, 6.07) is 0. The first-order chi connectivity index (χ1) is 4.49. The first-order valence-electron chi connectivity index (χ1n) is 3.37. The van der Waals surface area contributed by atoms with Crippen LogP contribution >= 0.6 is 0 Å². The van der Waals surface area contributed by atoms with E-state index in [1.54, 1.807) is 0 Å². The van der Waals surface area contributed by atoms with Gasteiger partial charge in [-0.05, 0) is 18.8 Å². The van der Waals surface area contributed by atoms with Gasteiger partial charge in [0.1, 0.15) is 0 Å². The smallest absolute Gasteiger partial charge is 0.264 e. The molecule has 2 atom stereocenters. The quantitative estimate of drug-likeness (QED) is 0.566. The van der Waals surface area contributed by atoms with Crippen molar-refractivity contribution in [3.8, 4) is 0 Å². The van der Waals surface area contributed by atoms with E-state index >= 15 is 0 Å². The highest BCUT2D eigenvalue weighted by molar-refractivity contribution is 7.86. The molecule has 1 aliphatic rings. The van der Waals surface area contributed by atoms with Crippen molar-refractivity contribution in [1.82, 2.24) is 0 Å². The second-order valence-corrected chi connectivity index (χ2v) is 4.49. The maximum atomic E-state index is 10.6. The monoisotopic (exact) mass is 164 g/mol. The van der Waals surface area contributed by atoms with Crippen molar-refractivity contribution in [1.29, 1.82) is 0 Å². The summed E-state index contributed by atoms with van der Waals surface area (Å²) in [5, 5.41) is 0. The molecule has 0 aromatic rings. The van der Waals surface area contributed by atoms with Crippen LogP contribution in [0.3, 0.4) is 0 Å². The van der Waals surface area contributed by atoms with Gasteiger partial charge >= 0.3 is 0 Å². The minimum Gasteiger partial charge on any atom is -0.267 e. The third-order valence-corrected chi connectivity index (χ3v) is 2.44. The molecule has 0 aromatic heterocycles. The van der Waals surface area contributed by atoms with Gasteiger partial charge in [-0.25, -0.2) is 0 Å². The fourth-order valence-corrected chi connectivity index (χ4v) is 1.74. The van der Waals surface area contributed by atoms with Gasteiger partial charge in [0.2, 0.25) is 0 Å². The molecule has 0 aromatic carbocycles. The molecule has 1 fully saturated rings. The Balaban J connectivity index is 2.40. The van der Waals surface area contributed by atoms with Crippen molar-refractivity contribution in [2.45, 2.75) is 25.9 Å². The maximum absolute atomic E-state index is 10.6. The van der Waals surface area contributed by atoms with Gasteiger partial charge in [-0.15, -0.1) is 0 Å². The average Bonchev–Trinajstić information content (AvgIpc) is 1.78. The summed E-state index contributed by atoms with van der Waals surface area (Å²) in [7, 11) is -3.22. The molecule has 0 radical (unpaired) electrons. The second-order valence-electron chi connectivity index (χ2n) is 2.89. The van der Waals surface area contributed by atoms with Crippen LogP contribution in [-0.4, -0.2) is 20.8 Å². The molecule has 4 heteroatoms. The van der Waals surface area contributed by atoms with Gasteiger partial charge in [-0.1, -0.05) is 6.92 Å². The molecule has 1 aliphatic carbocycles. The standard InChI is InChI=1S/C6H12O3S/c1-5-3-4-6(5)9-10(2,7)8/h5-6H,3-4H2,1-2H3. The minimum absolute atomic E-state index is 0.0463. The lowest BCUT2D eigenvalue weighted by molar-refractivity contribution is 0.0648. The van der Waals surface area contributed by atoms with E-state index in [1.807, 2.05) is 6.92 Å². The first-order valence-corrected chi connectivity index (χ1v) is 5.19. The molecule has 3 nitrogen and oxygen atoms in total. The predicted molar refractivity (Wildman–Crippen MR) is 38.1 cm³/mol. The van der Waals surface area contributed by atoms with Gasteiger partial charge in [-0.2, -0.15) is 8.42 Å². The predicted octanol–water partition coefficient (Wildman–Crippen LogP) is 0.761. The van der Waals surface area contributed by atoms with Crippen LogP contribution < -0.4 is 0 Å². The lowest BCUT2D eigenvalue weighted by atomic mass is 9.84. The molecule has 2 unspecified atom stereocenters. The molecule has 0 amide bonds. The zero-order valence-corrected chi connectivity index (χ0v) is 7.02. The third kappa shape index (κ3) is 1.95. The summed E-state index contributed by atoms with van der Waals surface area (Å²) in [5.74, 6) is 0.412. The lowest BCUT2D eigenvalue weighted by Crippen LogP contribution is -2.33. The molecular formula is C6H12O3S. The normalized spacial score (nSPS) is 33.4. The molecule has 0 spiro atoms. The van der Waals surface area contributed by atoms with E-state index in [9.17, 15) is 8.42 Å². The summed E-state index contributed by atoms with van der Waals surface area (Å²) in [4.78, 5) is 0. The van der Waals surface area contributed by atoms with Crippen molar-refractivity contribution >= 4 is 10.1 Å². The van der Waals surface area contributed by atoms with E-state index in [1.165, 1.54) is 0 Å². The molecule has 1 rings (SSSR count). The average molecular weight is 164 g/mol. The van der Waals surface area contributed by atoms with Crippen molar-refractivity contribution in [2.75, 3.05) is 6.26 Å². The Morgan fingerprint density at radius 2 is 2.00 bits per heavy atom. The summed E-state index contributed by atoms with van der Waals surface area (Å²) in [5.41, 5.74) is 0. The van der Waals surface area contributed by atoms with E-state index in [-0.39, 0.29) is 6.10 Å². The Bertz CT molecular complexity index is 207. The van der Waals surface area contributed by atoms with Gasteiger partial charge in [-0.3, -0.25) is 4.18 Å². The van der Waals surface area contributed by atoms with Gasteiger partial charge in [0, 0.05) is 0 Å². The van der Waals surface area contributed by atoms with Gasteiger partial charge in [0.15, 0.2) is 0 Å². The summed E-state index contributed by atoms with van der Waals surface area (Å²) >= 11 is 0. The van der Waals surface area contributed by atoms with Crippen LogP contribution in [0, 0.1) is 5.92 Å². The Labute approximate surface area is 61.5 Å². The SMILES string of the molecule is CC1CCC1OS(C)(=O)=O. The first kappa shape index (κ1) is 8.01. The highest BCUT2D eigenvalue weighted by atomic mass is 32.2. The van der Waals surface area contributed by atoms with E-state index in [4.69, 9.17) is 4.18 Å². The van der Waals surface area contributed by atoms with E-state index in [2.05, 4.69) is 0 Å². The summed E-state index contributed by atoms with van der Waals surface area (Å²) in [6.45, 7) is 2.00. The fraction of sp³-hybridized carbons (Fsp3) is 1.00. The van der Waals surface area contributed by atoms with Crippen LogP contribution in [-0.2, 0) is 14.3 Å². The highest BCUT2D eigenvalue weighted by Crippen LogP contribution is 2.30. The molecular weight excluding hydrogens is 152 g/mol. The van der Waals surface area contributed by atoms with Gasteiger partial charge < -0.3 is 0 Å². The fourth-order valence-electron chi connectivity index (χ4n) is 1.00. The van der Waals surface area contributed by atoms with Crippen LogP contribution in [0.2, 0.25) is 0 Å². The van der Waals surface area contributed by atoms with E-state index in [0.717, 1.165) is 19.1 Å². The Kier molecular flexibility index (Phi) is 2.01. The topological polar surface area (TPSA) is 43.4 Å². The third-order valence-electron chi connectivity index (χ3n) is 1.84.